The number of aliphatic carboxylic acids is 1. The van der Waals surface area contributed by atoms with E-state index >= 15 is 0 Å². The highest BCUT2D eigenvalue weighted by Gasteiger charge is 2.23. The fourth-order valence-corrected chi connectivity index (χ4v) is 1.06. The number of ketones is 1. The second-order valence-electron chi connectivity index (χ2n) is 2.65. The Morgan fingerprint density at radius 1 is 1.00 bits per heavy atom. The Balaban J connectivity index is -0.000000115. The highest BCUT2D eigenvalue weighted by molar-refractivity contribution is 7.53. The van der Waals surface area contributed by atoms with Crippen molar-refractivity contribution in [1.29, 1.82) is 0 Å². The minimum absolute atomic E-state index is 0. The molecule has 0 fully saturated rings. The Morgan fingerprint density at radius 2 is 1.33 bits per heavy atom. The number of rotatable bonds is 5. The fourth-order valence-electron chi connectivity index (χ4n) is 0.352. The molecule has 0 spiro atoms. The van der Waals surface area contributed by atoms with Crippen molar-refractivity contribution in [3.05, 3.63) is 0 Å². The average molecular weight is 352 g/mol. The Hall–Kier alpha value is -1.51. The summed E-state index contributed by atoms with van der Waals surface area (Å²) in [6.45, 7) is 0. The molecule has 0 rings (SSSR count). The molecule has 21 heavy (non-hydrogen) atoms. The zero-order chi connectivity index (χ0) is 17.0. The summed E-state index contributed by atoms with van der Waals surface area (Å²) in [4.78, 5) is 77.3. The molecule has 0 aliphatic carbocycles. The second-order valence-corrected chi connectivity index (χ2v) is 5.99. The van der Waals surface area contributed by atoms with Gasteiger partial charge in [0.05, 0.1) is 0 Å². The van der Waals surface area contributed by atoms with Crippen LogP contribution in [0.2, 0.25) is 0 Å². The molecule has 0 atom stereocenters. The molecule has 14 heteroatoms. The van der Waals surface area contributed by atoms with E-state index in [9.17, 15) is 23.5 Å². The normalized spacial score (nSPS) is 9.33. The van der Waals surface area contributed by atoms with Gasteiger partial charge in [-0.15, -0.1) is 0 Å². The highest BCUT2D eigenvalue weighted by Crippen LogP contribution is 2.33. The lowest BCUT2D eigenvalue weighted by molar-refractivity contribution is -0.191. The first-order valence-corrected chi connectivity index (χ1v) is 7.68. The van der Waals surface area contributed by atoms with Gasteiger partial charge in [-0.05, 0) is 0 Å². The van der Waals surface area contributed by atoms with Gasteiger partial charge in [0, 0.05) is 0 Å². The molecule has 0 heterocycles. The Kier molecular flexibility index (Phi) is 17.8. The summed E-state index contributed by atoms with van der Waals surface area (Å²) >= 11 is 0. The summed E-state index contributed by atoms with van der Waals surface area (Å²) < 4.78 is 19.7. The largest absolute Gasteiger partial charge is 0.475 e. The molecule has 0 aliphatic rings. The molecule has 0 amide bonds. The molecule has 0 unspecified atom stereocenters. The number of aldehydes is 1. The van der Waals surface area contributed by atoms with Crippen molar-refractivity contribution in [2.75, 3.05) is 12.3 Å². The van der Waals surface area contributed by atoms with Gasteiger partial charge in [0.2, 0.25) is 0 Å². The predicted molar refractivity (Wildman–Crippen MR) is 64.3 cm³/mol. The quantitative estimate of drug-likeness (QED) is 0.211. The molecule has 5 N–H and O–H groups in total. The minimum atomic E-state index is -4.51. The second kappa shape index (κ2) is 13.5. The van der Waals surface area contributed by atoms with Crippen molar-refractivity contribution in [2.45, 2.75) is 7.43 Å². The number of carbonyl (C=O) groups is 3. The van der Waals surface area contributed by atoms with Crippen LogP contribution in [0, 0.1) is 0 Å². The molecular weight excluding hydrogens is 338 g/mol. The van der Waals surface area contributed by atoms with Crippen LogP contribution in [0.1, 0.15) is 7.43 Å². The highest BCUT2D eigenvalue weighted by atomic mass is 31.2. The monoisotopic (exact) mass is 352 g/mol. The van der Waals surface area contributed by atoms with E-state index in [1.54, 1.807) is 0 Å². The van der Waals surface area contributed by atoms with Gasteiger partial charge in [-0.2, -0.15) is 9.59 Å². The Bertz CT molecular complexity index is 450. The maximum atomic E-state index is 10.1. The molecule has 0 aromatic heterocycles. The lowest BCUT2D eigenvalue weighted by Gasteiger charge is -1.97. The summed E-state index contributed by atoms with van der Waals surface area (Å²) in [5, 5.41) is 7.85. The van der Waals surface area contributed by atoms with E-state index in [1.165, 1.54) is 0 Å². The van der Waals surface area contributed by atoms with Crippen molar-refractivity contribution in [1.82, 2.24) is 0 Å². The van der Waals surface area contributed by atoms with Crippen LogP contribution in [0.3, 0.4) is 0 Å². The molecule has 0 saturated heterocycles. The van der Waals surface area contributed by atoms with Gasteiger partial charge in [-0.1, -0.05) is 7.43 Å². The lowest BCUT2D eigenvalue weighted by Crippen LogP contribution is -2.16. The topological polar surface area (TPSA) is 221 Å². The summed E-state index contributed by atoms with van der Waals surface area (Å²) in [5.74, 6) is -3.31. The first kappa shape index (κ1) is 27.8. The van der Waals surface area contributed by atoms with Gasteiger partial charge < -0.3 is 29.5 Å². The van der Waals surface area contributed by atoms with Crippen LogP contribution in [0.4, 0.5) is 0 Å². The van der Waals surface area contributed by atoms with Crippen LogP contribution >= 0.6 is 15.2 Å². The van der Waals surface area contributed by atoms with Gasteiger partial charge in [0.1, 0.15) is 18.6 Å². The smallest absolute Gasteiger partial charge is 0.373 e. The first-order valence-electron chi connectivity index (χ1n) is 4.09. The van der Waals surface area contributed by atoms with Gasteiger partial charge >= 0.3 is 27.3 Å². The minimum Gasteiger partial charge on any atom is -0.475 e. The summed E-state index contributed by atoms with van der Waals surface area (Å²) in [7, 11) is -8.54. The number of carboxylic acids is 1. The number of carboxylic acid groups (broad SMARTS) is 1. The van der Waals surface area contributed by atoms with Crippen molar-refractivity contribution < 1.29 is 57.8 Å². The van der Waals surface area contributed by atoms with Crippen LogP contribution in [-0.2, 0) is 33.1 Å². The van der Waals surface area contributed by atoms with Gasteiger partial charge in [-0.3, -0.25) is 13.9 Å². The van der Waals surface area contributed by atoms with Crippen molar-refractivity contribution >= 4 is 39.4 Å². The number of carbonyl (C=O) groups excluding carboxylic acids is 4. The molecule has 0 radical (unpaired) electrons. The van der Waals surface area contributed by atoms with E-state index in [0.717, 1.165) is 0 Å². The summed E-state index contributed by atoms with van der Waals surface area (Å²) in [6.07, 6.45) is -1.46. The standard InChI is InChI=1S/C3H5O6P.C2H5O4P.CO2.CH4/c4-2(3(5)6)1-10(7,8)9;3-1-2-7(4,5)6;2-1-3;/h1H2,(H,5,6)(H2,7,8,9);1H,2H2,(H2,4,5,6);;1H4. The third-order valence-corrected chi connectivity index (χ3v) is 2.22. The zero-order valence-electron chi connectivity index (χ0n) is 9.48. The third kappa shape index (κ3) is 38.1. The lowest BCUT2D eigenvalue weighted by atomic mass is 10.5. The van der Waals surface area contributed by atoms with Crippen LogP contribution in [0.25, 0.3) is 0 Å². The number of hydrogen-bond acceptors (Lipinski definition) is 7. The van der Waals surface area contributed by atoms with Crippen LogP contribution in [0.15, 0.2) is 0 Å². The first-order chi connectivity index (χ1) is 8.80. The molecule has 12 nitrogen and oxygen atoms in total. The van der Waals surface area contributed by atoms with Crippen molar-refractivity contribution in [2.24, 2.45) is 0 Å². The number of hydrogen-bond donors (Lipinski definition) is 5. The predicted octanol–water partition coefficient (Wildman–Crippen LogP) is -1.77. The Morgan fingerprint density at radius 3 is 1.38 bits per heavy atom. The molecule has 0 bridgehead atoms. The molecule has 0 aromatic rings. The van der Waals surface area contributed by atoms with Crippen LogP contribution in [-0.4, -0.2) is 61.2 Å². The zero-order valence-corrected chi connectivity index (χ0v) is 11.3. The van der Waals surface area contributed by atoms with Crippen molar-refractivity contribution in [3.63, 3.8) is 0 Å². The third-order valence-electron chi connectivity index (χ3n) is 0.900. The van der Waals surface area contributed by atoms with E-state index in [-0.39, 0.29) is 19.9 Å². The Labute approximate surface area is 118 Å². The maximum Gasteiger partial charge on any atom is 0.373 e. The number of Topliss-reactive ketones (excluding diaryl/α,β-unsaturated/α-hetero) is 1. The van der Waals surface area contributed by atoms with Crippen LogP contribution < -0.4 is 0 Å². The summed E-state index contributed by atoms with van der Waals surface area (Å²) in [5.41, 5.74) is 0. The van der Waals surface area contributed by atoms with Crippen molar-refractivity contribution in [3.8, 4) is 0 Å². The molecule has 124 valence electrons. The van der Waals surface area contributed by atoms with Gasteiger partial charge in [-0.25, -0.2) is 4.79 Å². The maximum absolute atomic E-state index is 10.1. The van der Waals surface area contributed by atoms with Gasteiger partial charge in [0.15, 0.2) is 0 Å². The van der Waals surface area contributed by atoms with E-state index in [1.807, 2.05) is 0 Å². The van der Waals surface area contributed by atoms with Crippen LogP contribution in [0.5, 0.6) is 0 Å². The molecule has 0 saturated carbocycles. The molecule has 0 aliphatic heterocycles. The SMILES string of the molecule is C.O=C(O)C(=O)CP(=O)(O)O.O=C=O.O=CCP(=O)(O)O. The van der Waals surface area contributed by atoms with E-state index in [2.05, 4.69) is 0 Å². The van der Waals surface area contributed by atoms with E-state index in [0.29, 0.717) is 0 Å². The molecular formula is C7H14O12P2. The van der Waals surface area contributed by atoms with E-state index in [4.69, 9.17) is 34.3 Å². The van der Waals surface area contributed by atoms with Gasteiger partial charge in [0.25, 0.3) is 5.78 Å². The fraction of sp³-hybridized carbons (Fsp3) is 0.429. The van der Waals surface area contributed by atoms with E-state index < -0.39 is 39.3 Å². The summed E-state index contributed by atoms with van der Waals surface area (Å²) in [6, 6.07) is 0. The average Bonchev–Trinajstić information content (AvgIpc) is 2.14. The molecule has 0 aromatic carbocycles.